The number of nitrogen functional groups attached to an aromatic ring is 1. The number of rotatable bonds is 11. The third-order valence-electron chi connectivity index (χ3n) is 6.19. The average Bonchev–Trinajstić information content (AvgIpc) is 3.61. The lowest BCUT2D eigenvalue weighted by Gasteiger charge is -2.10. The number of aromatic nitrogens is 5. The Morgan fingerprint density at radius 2 is 1.83 bits per heavy atom. The van der Waals surface area contributed by atoms with Gasteiger partial charge in [-0.25, -0.2) is 8.42 Å². The van der Waals surface area contributed by atoms with E-state index in [1.54, 1.807) is 24.3 Å². The minimum Gasteiger partial charge on any atom is -0.506 e. The summed E-state index contributed by atoms with van der Waals surface area (Å²) in [4.78, 5) is 24.3. The van der Waals surface area contributed by atoms with Crippen molar-refractivity contribution >= 4 is 45.0 Å². The van der Waals surface area contributed by atoms with Gasteiger partial charge in [0.2, 0.25) is 17.7 Å². The molecule has 0 unspecified atom stereocenters. The summed E-state index contributed by atoms with van der Waals surface area (Å²) in [5.74, 6) is -0.184. The lowest BCUT2D eigenvalue weighted by atomic mass is 10.1. The second-order valence-corrected chi connectivity index (χ2v) is 11.6. The molecule has 0 saturated carbocycles. The highest BCUT2D eigenvalue weighted by atomic mass is 35.5. The maximum atomic E-state index is 12.9. The number of halogens is 1. The van der Waals surface area contributed by atoms with Crippen molar-refractivity contribution in [1.29, 1.82) is 0 Å². The Bertz CT molecular complexity index is 1820. The SMILES string of the molecule is NC(=O)c1cc(S(=O)(=O)Cc2ccc(CCCCNc3nc(N)n4nc(-c5ccco5)nc4n3)cc2)cc(Cl)c1O. The van der Waals surface area contributed by atoms with Crippen molar-refractivity contribution in [3.8, 4) is 17.3 Å². The number of sulfone groups is 1. The number of furan rings is 1. The number of hydrogen-bond acceptors (Lipinski definition) is 11. The molecule has 0 fully saturated rings. The quantitative estimate of drug-likeness (QED) is 0.163. The summed E-state index contributed by atoms with van der Waals surface area (Å²) in [6.45, 7) is 0.605. The van der Waals surface area contributed by atoms with Crippen LogP contribution in [0.5, 0.6) is 5.75 Å². The normalized spacial score (nSPS) is 11.6. The largest absolute Gasteiger partial charge is 0.506 e. The van der Waals surface area contributed by atoms with E-state index < -0.39 is 21.5 Å². The van der Waals surface area contributed by atoms with E-state index in [4.69, 9.17) is 27.5 Å². The van der Waals surface area contributed by atoms with Gasteiger partial charge in [0.15, 0.2) is 15.6 Å². The van der Waals surface area contributed by atoms with Crippen LogP contribution in [0.4, 0.5) is 11.9 Å². The number of carbonyl (C=O) groups excluding carboxylic acids is 1. The first kappa shape index (κ1) is 27.9. The van der Waals surface area contributed by atoms with E-state index in [0.29, 0.717) is 35.4 Å². The van der Waals surface area contributed by atoms with Crippen molar-refractivity contribution in [2.24, 2.45) is 5.73 Å². The minimum atomic E-state index is -3.85. The molecule has 2 aromatic carbocycles. The van der Waals surface area contributed by atoms with Crippen molar-refractivity contribution in [1.82, 2.24) is 24.6 Å². The Balaban J connectivity index is 1.13. The van der Waals surface area contributed by atoms with Gasteiger partial charge in [0.25, 0.3) is 11.7 Å². The Labute approximate surface area is 239 Å². The number of nitrogens with zero attached hydrogens (tertiary/aromatic N) is 5. The highest BCUT2D eigenvalue weighted by Gasteiger charge is 2.21. The van der Waals surface area contributed by atoms with Crippen molar-refractivity contribution in [2.75, 3.05) is 17.6 Å². The fraction of sp³-hybridized carbons (Fsp3) is 0.192. The van der Waals surface area contributed by atoms with Gasteiger partial charge in [-0.3, -0.25) is 4.79 Å². The predicted molar refractivity (Wildman–Crippen MR) is 151 cm³/mol. The predicted octanol–water partition coefficient (Wildman–Crippen LogP) is 3.23. The number of primary amides is 1. The standard InChI is InChI=1S/C26H25ClN8O5S/c27-19-13-17(12-18(21(19)36)22(28)37)41(38,39)14-16-8-6-15(7-9-16)4-1-2-10-30-25-32-24(29)35-26(33-25)31-23(34-35)20-5-3-11-40-20/h3,5-9,11-13,36H,1-2,4,10,14H2,(H2,28,37)(H3,29,30,31,32,33,34). The van der Waals surface area contributed by atoms with Crippen LogP contribution < -0.4 is 16.8 Å². The van der Waals surface area contributed by atoms with Crippen LogP contribution in [0.3, 0.4) is 0 Å². The number of unbranched alkanes of at least 4 members (excludes halogenated alkanes) is 1. The first-order valence-electron chi connectivity index (χ1n) is 12.4. The monoisotopic (exact) mass is 596 g/mol. The van der Waals surface area contributed by atoms with Crippen molar-refractivity contribution < 1.29 is 22.7 Å². The summed E-state index contributed by atoms with van der Waals surface area (Å²) in [7, 11) is -3.85. The molecule has 3 aromatic heterocycles. The Kier molecular flexibility index (Phi) is 7.77. The van der Waals surface area contributed by atoms with Crippen LogP contribution in [-0.2, 0) is 22.0 Å². The number of aromatic hydroxyl groups is 1. The summed E-state index contributed by atoms with van der Waals surface area (Å²) in [6.07, 6.45) is 3.99. The summed E-state index contributed by atoms with van der Waals surface area (Å²) in [6, 6.07) is 12.8. The number of phenols is 1. The van der Waals surface area contributed by atoms with E-state index in [9.17, 15) is 18.3 Å². The molecule has 15 heteroatoms. The highest BCUT2D eigenvalue weighted by Crippen LogP contribution is 2.32. The molecule has 6 N–H and O–H groups in total. The lowest BCUT2D eigenvalue weighted by molar-refractivity contribution is 0.0997. The van der Waals surface area contributed by atoms with Crippen LogP contribution in [0.2, 0.25) is 5.02 Å². The van der Waals surface area contributed by atoms with E-state index >= 15 is 0 Å². The number of nitrogens with one attached hydrogen (secondary N) is 1. The number of amides is 1. The van der Waals surface area contributed by atoms with E-state index in [2.05, 4.69) is 25.4 Å². The molecule has 5 rings (SSSR count). The summed E-state index contributed by atoms with van der Waals surface area (Å²) in [5.41, 5.74) is 12.5. The first-order valence-corrected chi connectivity index (χ1v) is 14.4. The molecule has 212 valence electrons. The van der Waals surface area contributed by atoms with E-state index in [-0.39, 0.29) is 27.2 Å². The molecule has 5 aromatic rings. The van der Waals surface area contributed by atoms with Crippen LogP contribution >= 0.6 is 11.6 Å². The molecule has 3 heterocycles. The van der Waals surface area contributed by atoms with Crippen LogP contribution in [0, 0.1) is 0 Å². The molecule has 0 saturated heterocycles. The molecule has 0 radical (unpaired) electrons. The molecule has 1 amide bonds. The lowest BCUT2D eigenvalue weighted by Crippen LogP contribution is -2.13. The van der Waals surface area contributed by atoms with Crippen molar-refractivity contribution in [2.45, 2.75) is 29.9 Å². The van der Waals surface area contributed by atoms with Gasteiger partial charge in [-0.1, -0.05) is 35.9 Å². The maximum absolute atomic E-state index is 12.9. The van der Waals surface area contributed by atoms with Crippen LogP contribution in [0.1, 0.15) is 34.3 Å². The van der Waals surface area contributed by atoms with Gasteiger partial charge in [-0.15, -0.1) is 5.10 Å². The third kappa shape index (κ3) is 6.23. The second kappa shape index (κ2) is 11.4. The van der Waals surface area contributed by atoms with Gasteiger partial charge in [0.1, 0.15) is 5.75 Å². The van der Waals surface area contributed by atoms with Gasteiger partial charge in [0.05, 0.1) is 27.5 Å². The zero-order chi connectivity index (χ0) is 29.1. The number of anilines is 2. The minimum absolute atomic E-state index is 0.145. The molecule has 0 aliphatic rings. The molecular formula is C26H25ClN8O5S. The third-order valence-corrected chi connectivity index (χ3v) is 8.15. The Hall–Kier alpha value is -4.69. The van der Waals surface area contributed by atoms with Crippen molar-refractivity contribution in [3.63, 3.8) is 0 Å². The topological polar surface area (TPSA) is 205 Å². The molecule has 13 nitrogen and oxygen atoms in total. The summed E-state index contributed by atoms with van der Waals surface area (Å²) in [5, 5.41) is 17.0. The Morgan fingerprint density at radius 1 is 1.07 bits per heavy atom. The maximum Gasteiger partial charge on any atom is 0.259 e. The van der Waals surface area contributed by atoms with Gasteiger partial charge in [0, 0.05) is 6.54 Å². The summed E-state index contributed by atoms with van der Waals surface area (Å²) < 4.78 is 32.5. The summed E-state index contributed by atoms with van der Waals surface area (Å²) >= 11 is 5.90. The number of benzene rings is 2. The van der Waals surface area contributed by atoms with Crippen LogP contribution in [0.25, 0.3) is 17.4 Å². The molecule has 0 aliphatic carbocycles. The zero-order valence-electron chi connectivity index (χ0n) is 21.5. The molecule has 0 aliphatic heterocycles. The molecule has 0 atom stereocenters. The highest BCUT2D eigenvalue weighted by molar-refractivity contribution is 7.90. The number of hydrogen-bond donors (Lipinski definition) is 4. The van der Waals surface area contributed by atoms with E-state index in [0.717, 1.165) is 37.0 Å². The molecule has 0 bridgehead atoms. The Morgan fingerprint density at radius 3 is 2.54 bits per heavy atom. The fourth-order valence-electron chi connectivity index (χ4n) is 4.10. The van der Waals surface area contributed by atoms with Crippen LogP contribution in [-0.4, -0.2) is 50.5 Å². The van der Waals surface area contributed by atoms with Gasteiger partial charge < -0.3 is 26.3 Å². The number of fused-ring (bicyclic) bond motifs is 1. The smallest absolute Gasteiger partial charge is 0.259 e. The average molecular weight is 597 g/mol. The molecule has 0 spiro atoms. The van der Waals surface area contributed by atoms with Gasteiger partial charge in [-0.2, -0.15) is 19.5 Å². The molecular weight excluding hydrogens is 572 g/mol. The first-order chi connectivity index (χ1) is 19.6. The van der Waals surface area contributed by atoms with Gasteiger partial charge in [-0.05, 0) is 54.7 Å². The van der Waals surface area contributed by atoms with Crippen LogP contribution in [0.15, 0.2) is 64.1 Å². The number of aryl methyl sites for hydroxylation is 1. The number of nitrogens with two attached hydrogens (primary N) is 2. The van der Waals surface area contributed by atoms with E-state index in [1.807, 2.05) is 12.1 Å². The van der Waals surface area contributed by atoms with E-state index in [1.165, 1.54) is 10.8 Å². The van der Waals surface area contributed by atoms with Crippen molar-refractivity contribution in [3.05, 3.63) is 76.5 Å². The number of carbonyl (C=O) groups is 1. The van der Waals surface area contributed by atoms with Gasteiger partial charge >= 0.3 is 0 Å². The fourth-order valence-corrected chi connectivity index (χ4v) is 5.77. The molecule has 41 heavy (non-hydrogen) atoms. The second-order valence-electron chi connectivity index (χ2n) is 9.15. The zero-order valence-corrected chi connectivity index (χ0v) is 23.1.